The first-order valence-corrected chi connectivity index (χ1v) is 9.96. The molecule has 0 saturated heterocycles. The van der Waals surface area contributed by atoms with Gasteiger partial charge in [-0.15, -0.1) is 0 Å². The third-order valence-electron chi connectivity index (χ3n) is 4.46. The first kappa shape index (κ1) is 19.7. The predicted molar refractivity (Wildman–Crippen MR) is 115 cm³/mol. The number of ether oxygens (including phenoxy) is 1. The second-order valence-corrected chi connectivity index (χ2v) is 7.83. The van der Waals surface area contributed by atoms with Crippen molar-refractivity contribution in [1.82, 2.24) is 14.6 Å². The highest BCUT2D eigenvalue weighted by molar-refractivity contribution is 7.15. The van der Waals surface area contributed by atoms with Gasteiger partial charge in [-0.3, -0.25) is 14.4 Å². The number of hydrogen-bond acceptors (Lipinski definition) is 7. The molecule has 0 fully saturated rings. The van der Waals surface area contributed by atoms with Crippen LogP contribution in [0.5, 0.6) is 5.75 Å². The highest BCUT2D eigenvalue weighted by Gasteiger charge is 2.13. The second kappa shape index (κ2) is 7.64. The molecule has 0 N–H and O–H groups in total. The third kappa shape index (κ3) is 3.65. The minimum atomic E-state index is -0.480. The molecule has 2 heterocycles. The Morgan fingerprint density at radius 3 is 2.40 bits per heavy atom. The van der Waals surface area contributed by atoms with Crippen molar-refractivity contribution in [2.75, 3.05) is 0 Å². The SMILES string of the molecule is CC(=O)Oc1c(C)cc(/C=c2/sc3nc(=O)c(-c4ccccc4)nn3c2=O)cc1C. The summed E-state index contributed by atoms with van der Waals surface area (Å²) in [6.07, 6.45) is 1.72. The van der Waals surface area contributed by atoms with Crippen molar-refractivity contribution >= 4 is 28.3 Å². The van der Waals surface area contributed by atoms with Crippen LogP contribution in [0.4, 0.5) is 0 Å². The minimum absolute atomic E-state index is 0.131. The molecule has 4 rings (SSSR count). The fourth-order valence-corrected chi connectivity index (χ4v) is 4.11. The molecular weight excluding hydrogens is 402 g/mol. The van der Waals surface area contributed by atoms with E-state index < -0.39 is 5.56 Å². The fourth-order valence-electron chi connectivity index (χ4n) is 3.21. The molecular formula is C22H17N3O4S. The van der Waals surface area contributed by atoms with Crippen molar-refractivity contribution in [2.45, 2.75) is 20.8 Å². The Morgan fingerprint density at radius 2 is 1.77 bits per heavy atom. The maximum atomic E-state index is 12.9. The van der Waals surface area contributed by atoms with Crippen molar-refractivity contribution in [3.63, 3.8) is 0 Å². The zero-order valence-electron chi connectivity index (χ0n) is 16.5. The summed E-state index contributed by atoms with van der Waals surface area (Å²) in [5.41, 5.74) is 2.24. The lowest BCUT2D eigenvalue weighted by Crippen LogP contribution is -2.26. The standard InChI is InChI=1S/C22H17N3O4S/c1-12-9-15(10-13(2)19(12)29-14(3)26)11-17-21(28)25-22(30-17)23-20(27)18(24-25)16-7-5-4-6-8-16/h4-11H,1-3H3/b17-11+. The van der Waals surface area contributed by atoms with Crippen molar-refractivity contribution < 1.29 is 9.53 Å². The zero-order chi connectivity index (χ0) is 21.4. The molecule has 30 heavy (non-hydrogen) atoms. The van der Waals surface area contributed by atoms with E-state index >= 15 is 0 Å². The first-order chi connectivity index (χ1) is 14.3. The molecule has 0 radical (unpaired) electrons. The highest BCUT2D eigenvalue weighted by Crippen LogP contribution is 2.25. The lowest BCUT2D eigenvalue weighted by molar-refractivity contribution is -0.131. The van der Waals surface area contributed by atoms with Crippen molar-refractivity contribution in [1.29, 1.82) is 0 Å². The molecule has 0 saturated carbocycles. The summed E-state index contributed by atoms with van der Waals surface area (Å²) in [5.74, 6) is 0.125. The Morgan fingerprint density at radius 1 is 1.10 bits per heavy atom. The normalized spacial score (nSPS) is 11.8. The monoisotopic (exact) mass is 419 g/mol. The van der Waals surface area contributed by atoms with Crippen molar-refractivity contribution in [3.05, 3.63) is 84.4 Å². The van der Waals surface area contributed by atoms with Crippen LogP contribution in [0.3, 0.4) is 0 Å². The number of aromatic nitrogens is 3. The van der Waals surface area contributed by atoms with Crippen LogP contribution in [0.15, 0.2) is 52.1 Å². The second-order valence-electron chi connectivity index (χ2n) is 6.82. The summed E-state index contributed by atoms with van der Waals surface area (Å²) in [6.45, 7) is 5.02. The molecule has 150 valence electrons. The smallest absolute Gasteiger partial charge is 0.308 e. The molecule has 0 atom stereocenters. The molecule has 0 spiro atoms. The van der Waals surface area contributed by atoms with Gasteiger partial charge in [0.1, 0.15) is 5.75 Å². The van der Waals surface area contributed by atoms with Gasteiger partial charge >= 0.3 is 11.5 Å². The lowest BCUT2D eigenvalue weighted by Gasteiger charge is -2.10. The third-order valence-corrected chi connectivity index (χ3v) is 5.42. The van der Waals surface area contributed by atoms with Gasteiger partial charge in [-0.05, 0) is 48.7 Å². The average Bonchev–Trinajstić information content (AvgIpc) is 2.99. The number of aryl methyl sites for hydroxylation is 2. The minimum Gasteiger partial charge on any atom is -0.426 e. The maximum Gasteiger partial charge on any atom is 0.308 e. The summed E-state index contributed by atoms with van der Waals surface area (Å²) in [4.78, 5) is 40.8. The Bertz CT molecular complexity index is 1430. The van der Waals surface area contributed by atoms with Gasteiger partial charge in [0.2, 0.25) is 4.96 Å². The predicted octanol–water partition coefficient (Wildman–Crippen LogP) is 2.27. The van der Waals surface area contributed by atoms with Crippen LogP contribution in [0, 0.1) is 13.8 Å². The number of nitrogens with zero attached hydrogens (tertiary/aromatic N) is 3. The number of rotatable bonds is 3. The fraction of sp³-hybridized carbons (Fsp3) is 0.136. The molecule has 7 nitrogen and oxygen atoms in total. The lowest BCUT2D eigenvalue weighted by atomic mass is 10.1. The van der Waals surface area contributed by atoms with E-state index in [4.69, 9.17) is 4.74 Å². The van der Waals surface area contributed by atoms with Gasteiger partial charge in [-0.1, -0.05) is 41.7 Å². The topological polar surface area (TPSA) is 90.6 Å². The molecule has 0 unspecified atom stereocenters. The molecule has 0 amide bonds. The van der Waals surface area contributed by atoms with E-state index in [9.17, 15) is 14.4 Å². The van der Waals surface area contributed by atoms with Gasteiger partial charge in [0, 0.05) is 12.5 Å². The Kier molecular flexibility index (Phi) is 5.01. The molecule has 8 heteroatoms. The number of thiazole rings is 1. The summed E-state index contributed by atoms with van der Waals surface area (Å²) >= 11 is 1.10. The zero-order valence-corrected chi connectivity index (χ0v) is 17.3. The van der Waals surface area contributed by atoms with E-state index in [1.165, 1.54) is 6.92 Å². The number of esters is 1. The van der Waals surface area contributed by atoms with E-state index in [0.717, 1.165) is 32.5 Å². The summed E-state index contributed by atoms with van der Waals surface area (Å²) < 4.78 is 6.81. The van der Waals surface area contributed by atoms with Gasteiger partial charge in [0.25, 0.3) is 5.56 Å². The van der Waals surface area contributed by atoms with Crippen LogP contribution >= 0.6 is 11.3 Å². The van der Waals surface area contributed by atoms with Crippen LogP contribution < -0.4 is 20.4 Å². The molecule has 0 bridgehead atoms. The average molecular weight is 419 g/mol. The molecule has 0 aliphatic heterocycles. The van der Waals surface area contributed by atoms with Gasteiger partial charge < -0.3 is 4.74 Å². The molecule has 0 aliphatic rings. The number of carbonyl (C=O) groups is 1. The Hall–Kier alpha value is -3.65. The largest absolute Gasteiger partial charge is 0.426 e. The molecule has 2 aromatic heterocycles. The van der Waals surface area contributed by atoms with Crippen LogP contribution in [-0.2, 0) is 4.79 Å². The van der Waals surface area contributed by atoms with E-state index in [2.05, 4.69) is 10.1 Å². The van der Waals surface area contributed by atoms with Crippen LogP contribution in [0.1, 0.15) is 23.6 Å². The van der Waals surface area contributed by atoms with Crippen molar-refractivity contribution in [2.24, 2.45) is 0 Å². The number of benzene rings is 2. The van der Waals surface area contributed by atoms with Crippen LogP contribution in [-0.4, -0.2) is 20.6 Å². The number of hydrogen-bond donors (Lipinski definition) is 0. The van der Waals surface area contributed by atoms with Crippen LogP contribution in [0.2, 0.25) is 0 Å². The first-order valence-electron chi connectivity index (χ1n) is 9.14. The van der Waals surface area contributed by atoms with Crippen LogP contribution in [0.25, 0.3) is 22.3 Å². The Balaban J connectivity index is 1.85. The van der Waals surface area contributed by atoms with E-state index in [1.807, 2.05) is 32.0 Å². The Labute approximate surface area is 174 Å². The molecule has 0 aliphatic carbocycles. The summed E-state index contributed by atoms with van der Waals surface area (Å²) in [7, 11) is 0. The van der Waals surface area contributed by atoms with E-state index in [-0.39, 0.29) is 22.2 Å². The van der Waals surface area contributed by atoms with Gasteiger partial charge in [-0.2, -0.15) is 14.6 Å². The van der Waals surface area contributed by atoms with Gasteiger partial charge in [0.15, 0.2) is 5.69 Å². The maximum absolute atomic E-state index is 12.9. The molecule has 2 aromatic carbocycles. The summed E-state index contributed by atoms with van der Waals surface area (Å²) in [5, 5.41) is 4.25. The van der Waals surface area contributed by atoms with Gasteiger partial charge in [-0.25, -0.2) is 0 Å². The quantitative estimate of drug-likeness (QED) is 0.374. The van der Waals surface area contributed by atoms with Crippen molar-refractivity contribution in [3.8, 4) is 17.0 Å². The van der Waals surface area contributed by atoms with E-state index in [1.54, 1.807) is 30.3 Å². The van der Waals surface area contributed by atoms with E-state index in [0.29, 0.717) is 15.8 Å². The van der Waals surface area contributed by atoms with Gasteiger partial charge in [0.05, 0.1) is 4.53 Å². The summed E-state index contributed by atoms with van der Waals surface area (Å²) in [6, 6.07) is 12.6. The number of carbonyl (C=O) groups excluding carboxylic acids is 1. The highest BCUT2D eigenvalue weighted by atomic mass is 32.1. The molecule has 4 aromatic rings. The number of fused-ring (bicyclic) bond motifs is 1.